The number of imide groups is 1. The van der Waals surface area contributed by atoms with Gasteiger partial charge in [-0.3, -0.25) is 24.1 Å². The van der Waals surface area contributed by atoms with Gasteiger partial charge in [0.2, 0.25) is 29.0 Å². The fourth-order valence-electron chi connectivity index (χ4n) is 5.11. The molecule has 3 aliphatic rings. The van der Waals surface area contributed by atoms with Gasteiger partial charge in [0.1, 0.15) is 0 Å². The average Bonchev–Trinajstić information content (AvgIpc) is 3.29. The molecule has 2 fully saturated rings. The number of nitrogens with zero attached hydrogens (tertiary/aromatic N) is 1. The van der Waals surface area contributed by atoms with Crippen molar-refractivity contribution in [2.75, 3.05) is 0 Å². The van der Waals surface area contributed by atoms with Crippen LogP contribution in [0.15, 0.2) is 48.5 Å². The Bertz CT molecular complexity index is 1080. The van der Waals surface area contributed by atoms with Crippen LogP contribution in [0.2, 0.25) is 0 Å². The summed E-state index contributed by atoms with van der Waals surface area (Å²) in [6.07, 6.45) is -0.849. The molecule has 0 N–H and O–H groups in total. The first-order valence-corrected chi connectivity index (χ1v) is 10.1. The van der Waals surface area contributed by atoms with Crippen molar-refractivity contribution < 1.29 is 23.9 Å². The molecule has 2 aliphatic heterocycles. The molecule has 2 aromatic rings. The number of carbonyl (C=O) groups is 4. The summed E-state index contributed by atoms with van der Waals surface area (Å²) in [5, 5.41) is 0. The van der Waals surface area contributed by atoms with Crippen LogP contribution in [0.25, 0.3) is 0 Å². The maximum Gasteiger partial charge on any atom is 0.237 e. The molecule has 0 saturated carbocycles. The smallest absolute Gasteiger partial charge is 0.237 e. The Kier molecular flexibility index (Phi) is 3.89. The van der Waals surface area contributed by atoms with Gasteiger partial charge in [-0.15, -0.1) is 0 Å². The molecule has 2 amide bonds. The lowest BCUT2D eigenvalue weighted by molar-refractivity contribution is -0.146. The molecule has 6 heteroatoms. The Balaban J connectivity index is 1.71. The van der Waals surface area contributed by atoms with Gasteiger partial charge in [0.15, 0.2) is 0 Å². The van der Waals surface area contributed by atoms with Crippen LogP contribution in [-0.4, -0.2) is 39.9 Å². The summed E-state index contributed by atoms with van der Waals surface area (Å²) in [5.74, 6) is -4.03. The number of ether oxygens (including phenoxy) is 1. The second kappa shape index (κ2) is 6.19. The molecule has 0 aromatic heterocycles. The molecule has 2 aromatic carbocycles. The van der Waals surface area contributed by atoms with E-state index in [2.05, 4.69) is 0 Å². The summed E-state index contributed by atoms with van der Waals surface area (Å²) in [4.78, 5) is 54.9. The van der Waals surface area contributed by atoms with Gasteiger partial charge in [0, 0.05) is 17.2 Å². The summed E-state index contributed by atoms with van der Waals surface area (Å²) >= 11 is 0. The Labute approximate surface area is 173 Å². The van der Waals surface area contributed by atoms with Crippen molar-refractivity contribution in [1.29, 1.82) is 0 Å². The molecule has 30 heavy (non-hydrogen) atoms. The predicted octanol–water partition coefficient (Wildman–Crippen LogP) is 2.89. The maximum atomic E-state index is 13.5. The van der Waals surface area contributed by atoms with E-state index in [0.717, 1.165) is 5.56 Å². The van der Waals surface area contributed by atoms with Crippen molar-refractivity contribution in [2.24, 2.45) is 11.8 Å². The van der Waals surface area contributed by atoms with Crippen molar-refractivity contribution in [3.8, 4) is 0 Å². The van der Waals surface area contributed by atoms with Gasteiger partial charge in [-0.25, -0.2) is 0 Å². The number of hydrogen-bond acceptors (Lipinski definition) is 5. The third kappa shape index (κ3) is 2.17. The van der Waals surface area contributed by atoms with Gasteiger partial charge in [0.25, 0.3) is 0 Å². The monoisotopic (exact) mass is 403 g/mol. The molecule has 0 bridgehead atoms. The number of hydrogen-bond donors (Lipinski definition) is 0. The van der Waals surface area contributed by atoms with Crippen LogP contribution in [-0.2, 0) is 14.3 Å². The van der Waals surface area contributed by atoms with E-state index in [1.165, 1.54) is 4.90 Å². The van der Waals surface area contributed by atoms with Gasteiger partial charge in [-0.2, -0.15) is 0 Å². The summed E-state index contributed by atoms with van der Waals surface area (Å²) in [6.45, 7) is 5.44. The third-order valence-electron chi connectivity index (χ3n) is 6.48. The number of Topliss-reactive ketones (excluding diaryl/α,β-unsaturated/α-hetero) is 2. The lowest BCUT2D eigenvalue weighted by atomic mass is 9.77. The van der Waals surface area contributed by atoms with E-state index in [1.54, 1.807) is 38.1 Å². The van der Waals surface area contributed by atoms with E-state index in [-0.39, 0.29) is 23.1 Å². The predicted molar refractivity (Wildman–Crippen MR) is 107 cm³/mol. The van der Waals surface area contributed by atoms with Gasteiger partial charge in [0.05, 0.1) is 17.9 Å². The highest BCUT2D eigenvalue weighted by Crippen LogP contribution is 2.57. The minimum atomic E-state index is -1.99. The molecule has 1 spiro atoms. The molecular formula is C24H21NO5. The summed E-state index contributed by atoms with van der Waals surface area (Å²) < 4.78 is 6.21. The maximum absolute atomic E-state index is 13.5. The Morgan fingerprint density at radius 2 is 1.43 bits per heavy atom. The molecule has 0 unspecified atom stereocenters. The molecule has 6 nitrogen and oxygen atoms in total. The van der Waals surface area contributed by atoms with E-state index in [0.29, 0.717) is 5.56 Å². The van der Waals surface area contributed by atoms with Crippen LogP contribution >= 0.6 is 0 Å². The SMILES string of the molecule is Cc1ccc([C@H]2OC3(C(=O)c4ccccc4C3=O)[C@H]3C(=O)N(C(C)C)C(=O)[C@@H]23)cc1. The topological polar surface area (TPSA) is 80.8 Å². The molecule has 152 valence electrons. The van der Waals surface area contributed by atoms with E-state index in [4.69, 9.17) is 4.74 Å². The van der Waals surface area contributed by atoms with Gasteiger partial charge >= 0.3 is 0 Å². The van der Waals surface area contributed by atoms with Crippen LogP contribution in [0.3, 0.4) is 0 Å². The lowest BCUT2D eigenvalue weighted by Crippen LogP contribution is -2.51. The van der Waals surface area contributed by atoms with Crippen molar-refractivity contribution in [2.45, 2.75) is 38.5 Å². The largest absolute Gasteiger partial charge is 0.349 e. The number of likely N-dealkylation sites (tertiary alicyclic amines) is 1. The third-order valence-corrected chi connectivity index (χ3v) is 6.48. The summed E-state index contributed by atoms with van der Waals surface area (Å²) in [7, 11) is 0. The molecule has 5 rings (SSSR count). The van der Waals surface area contributed by atoms with Crippen molar-refractivity contribution in [1.82, 2.24) is 4.90 Å². The minimum absolute atomic E-state index is 0.244. The van der Waals surface area contributed by atoms with Crippen molar-refractivity contribution in [3.63, 3.8) is 0 Å². The zero-order valence-electron chi connectivity index (χ0n) is 16.9. The first kappa shape index (κ1) is 18.9. The number of aryl methyl sites for hydroxylation is 1. The van der Waals surface area contributed by atoms with Gasteiger partial charge in [-0.1, -0.05) is 54.1 Å². The van der Waals surface area contributed by atoms with E-state index < -0.39 is 41.0 Å². The standard InChI is InChI=1S/C24H21NO5/c1-12(2)25-22(28)17-18(23(25)29)24(30-19(17)14-10-8-13(3)9-11-14)20(26)15-6-4-5-7-16(15)21(24)27/h4-12,17-19H,1-3H3/t17-,18-,19-/m1/s1. The molecule has 2 saturated heterocycles. The van der Waals surface area contributed by atoms with Crippen LogP contribution in [0.4, 0.5) is 0 Å². The number of amides is 2. The molecule has 1 aliphatic carbocycles. The highest BCUT2D eigenvalue weighted by Gasteiger charge is 2.74. The fraction of sp³-hybridized carbons (Fsp3) is 0.333. The van der Waals surface area contributed by atoms with Crippen LogP contribution in [0, 0.1) is 18.8 Å². The first-order chi connectivity index (χ1) is 14.3. The van der Waals surface area contributed by atoms with Crippen LogP contribution in [0.1, 0.15) is 51.8 Å². The molecule has 0 radical (unpaired) electrons. The number of carbonyl (C=O) groups excluding carboxylic acids is 4. The molecular weight excluding hydrogens is 382 g/mol. The number of fused-ring (bicyclic) bond motifs is 3. The van der Waals surface area contributed by atoms with E-state index >= 15 is 0 Å². The number of ketones is 2. The lowest BCUT2D eigenvalue weighted by Gasteiger charge is -2.28. The summed E-state index contributed by atoms with van der Waals surface area (Å²) in [6, 6.07) is 13.5. The Morgan fingerprint density at radius 3 is 1.97 bits per heavy atom. The zero-order chi connectivity index (χ0) is 21.4. The second-order valence-corrected chi connectivity index (χ2v) is 8.53. The number of rotatable bonds is 2. The zero-order valence-corrected chi connectivity index (χ0v) is 16.9. The van der Waals surface area contributed by atoms with Crippen molar-refractivity contribution >= 4 is 23.4 Å². The Morgan fingerprint density at radius 1 is 0.867 bits per heavy atom. The van der Waals surface area contributed by atoms with E-state index in [9.17, 15) is 19.2 Å². The van der Waals surface area contributed by atoms with Gasteiger partial charge < -0.3 is 4.74 Å². The minimum Gasteiger partial charge on any atom is -0.349 e. The fourth-order valence-corrected chi connectivity index (χ4v) is 5.11. The highest BCUT2D eigenvalue weighted by atomic mass is 16.5. The van der Waals surface area contributed by atoms with E-state index in [1.807, 2.05) is 31.2 Å². The number of benzene rings is 2. The normalized spacial score (nSPS) is 26.8. The first-order valence-electron chi connectivity index (χ1n) is 10.1. The highest BCUT2D eigenvalue weighted by molar-refractivity contribution is 6.35. The summed E-state index contributed by atoms with van der Waals surface area (Å²) in [5.41, 5.74) is 0.209. The molecule has 2 heterocycles. The van der Waals surface area contributed by atoms with Crippen molar-refractivity contribution in [3.05, 3.63) is 70.8 Å². The molecule has 3 atom stereocenters. The Hall–Kier alpha value is -3.12. The average molecular weight is 403 g/mol. The van der Waals surface area contributed by atoms with Crippen LogP contribution in [0.5, 0.6) is 0 Å². The van der Waals surface area contributed by atoms with Gasteiger partial charge in [-0.05, 0) is 26.3 Å². The second-order valence-electron chi connectivity index (χ2n) is 8.53. The van der Waals surface area contributed by atoms with Crippen LogP contribution < -0.4 is 0 Å². The quantitative estimate of drug-likeness (QED) is 0.569.